The monoisotopic (exact) mass is 252 g/mol. The van der Waals surface area contributed by atoms with Crippen LogP contribution in [0.4, 0.5) is 5.82 Å². The van der Waals surface area contributed by atoms with Gasteiger partial charge in [-0.1, -0.05) is 13.8 Å². The van der Waals surface area contributed by atoms with E-state index in [-0.39, 0.29) is 0 Å². The van der Waals surface area contributed by atoms with Crippen LogP contribution in [-0.4, -0.2) is 36.3 Å². The SMILES string of the molecule is CCC(CC)N(CCOC)c1cnc(CN)cn1. The van der Waals surface area contributed by atoms with Gasteiger partial charge >= 0.3 is 0 Å². The van der Waals surface area contributed by atoms with E-state index in [0.717, 1.165) is 30.9 Å². The van der Waals surface area contributed by atoms with E-state index in [0.29, 0.717) is 19.2 Å². The van der Waals surface area contributed by atoms with Crippen molar-refractivity contribution in [2.75, 3.05) is 25.2 Å². The van der Waals surface area contributed by atoms with Gasteiger partial charge in [0.25, 0.3) is 0 Å². The maximum Gasteiger partial charge on any atom is 0.147 e. The molecule has 0 aliphatic rings. The van der Waals surface area contributed by atoms with Gasteiger partial charge in [0.05, 0.1) is 24.7 Å². The Kier molecular flexibility index (Phi) is 6.60. The summed E-state index contributed by atoms with van der Waals surface area (Å²) in [6.07, 6.45) is 5.72. The van der Waals surface area contributed by atoms with E-state index < -0.39 is 0 Å². The lowest BCUT2D eigenvalue weighted by atomic mass is 10.1. The molecule has 2 N–H and O–H groups in total. The Balaban J connectivity index is 2.85. The highest BCUT2D eigenvalue weighted by molar-refractivity contribution is 5.37. The van der Waals surface area contributed by atoms with Gasteiger partial charge in [-0.3, -0.25) is 4.98 Å². The molecule has 0 bridgehead atoms. The molecule has 5 nitrogen and oxygen atoms in total. The number of aromatic nitrogens is 2. The highest BCUT2D eigenvalue weighted by Gasteiger charge is 2.16. The lowest BCUT2D eigenvalue weighted by Gasteiger charge is -2.31. The number of hydrogen-bond donors (Lipinski definition) is 1. The topological polar surface area (TPSA) is 64.3 Å². The summed E-state index contributed by atoms with van der Waals surface area (Å²) in [4.78, 5) is 11.0. The molecule has 18 heavy (non-hydrogen) atoms. The Labute approximate surface area is 109 Å². The number of ether oxygens (including phenoxy) is 1. The molecule has 0 aliphatic carbocycles. The quantitative estimate of drug-likeness (QED) is 0.761. The van der Waals surface area contributed by atoms with Crippen LogP contribution in [0.25, 0.3) is 0 Å². The molecular weight excluding hydrogens is 228 g/mol. The Morgan fingerprint density at radius 3 is 2.44 bits per heavy atom. The molecule has 0 radical (unpaired) electrons. The molecule has 0 saturated carbocycles. The average Bonchev–Trinajstić information content (AvgIpc) is 2.43. The molecule has 0 unspecified atom stereocenters. The van der Waals surface area contributed by atoms with Gasteiger partial charge in [-0.15, -0.1) is 0 Å². The van der Waals surface area contributed by atoms with Crippen LogP contribution in [0.15, 0.2) is 12.4 Å². The summed E-state index contributed by atoms with van der Waals surface area (Å²) in [6.45, 7) is 6.33. The predicted octanol–water partition coefficient (Wildman–Crippen LogP) is 1.58. The van der Waals surface area contributed by atoms with Gasteiger partial charge in [-0.25, -0.2) is 4.98 Å². The van der Waals surface area contributed by atoms with Crippen LogP contribution in [0.1, 0.15) is 32.4 Å². The standard InChI is InChI=1S/C13H24N4O/c1-4-12(5-2)17(6-7-18-3)13-10-15-11(8-14)9-16-13/h9-10,12H,4-8,14H2,1-3H3. The smallest absolute Gasteiger partial charge is 0.147 e. The normalized spacial score (nSPS) is 10.9. The first-order valence-electron chi connectivity index (χ1n) is 6.53. The fourth-order valence-electron chi connectivity index (χ4n) is 2.00. The van der Waals surface area contributed by atoms with Crippen LogP contribution < -0.4 is 10.6 Å². The summed E-state index contributed by atoms with van der Waals surface area (Å²) in [5.74, 6) is 0.901. The number of anilines is 1. The van der Waals surface area contributed by atoms with Crippen LogP contribution >= 0.6 is 0 Å². The molecule has 1 aromatic heterocycles. The number of nitrogens with two attached hydrogens (primary N) is 1. The first kappa shape index (κ1) is 14.9. The van der Waals surface area contributed by atoms with Crippen molar-refractivity contribution in [3.8, 4) is 0 Å². The molecule has 0 saturated heterocycles. The zero-order valence-corrected chi connectivity index (χ0v) is 11.6. The van der Waals surface area contributed by atoms with Crippen molar-refractivity contribution in [1.82, 2.24) is 9.97 Å². The highest BCUT2D eigenvalue weighted by atomic mass is 16.5. The van der Waals surface area contributed by atoms with E-state index in [1.807, 2.05) is 0 Å². The summed E-state index contributed by atoms with van der Waals surface area (Å²) in [5, 5.41) is 0. The number of nitrogens with zero attached hydrogens (tertiary/aromatic N) is 3. The van der Waals surface area contributed by atoms with Crippen molar-refractivity contribution in [3.63, 3.8) is 0 Å². The maximum atomic E-state index is 5.53. The van der Waals surface area contributed by atoms with Crippen molar-refractivity contribution in [2.24, 2.45) is 5.73 Å². The van der Waals surface area contributed by atoms with Gasteiger partial charge in [-0.2, -0.15) is 0 Å². The summed E-state index contributed by atoms with van der Waals surface area (Å²) < 4.78 is 5.17. The second-order valence-electron chi connectivity index (χ2n) is 4.23. The van der Waals surface area contributed by atoms with E-state index >= 15 is 0 Å². The molecule has 1 rings (SSSR count). The molecular formula is C13H24N4O. The zero-order chi connectivity index (χ0) is 13.4. The number of rotatable bonds is 8. The fourth-order valence-corrected chi connectivity index (χ4v) is 2.00. The van der Waals surface area contributed by atoms with E-state index in [2.05, 4.69) is 28.7 Å². The van der Waals surface area contributed by atoms with Gasteiger partial charge in [0, 0.05) is 26.2 Å². The maximum absolute atomic E-state index is 5.53. The summed E-state index contributed by atoms with van der Waals surface area (Å²) in [7, 11) is 1.72. The second kappa shape index (κ2) is 8.00. The molecule has 0 aromatic carbocycles. The van der Waals surface area contributed by atoms with Crippen molar-refractivity contribution >= 4 is 5.82 Å². The van der Waals surface area contributed by atoms with E-state index in [1.165, 1.54) is 0 Å². The summed E-state index contributed by atoms with van der Waals surface area (Å²) >= 11 is 0. The Bertz CT molecular complexity index is 324. The van der Waals surface area contributed by atoms with Gasteiger partial charge in [0.15, 0.2) is 0 Å². The highest BCUT2D eigenvalue weighted by Crippen LogP contribution is 2.17. The van der Waals surface area contributed by atoms with Crippen LogP contribution in [0.3, 0.4) is 0 Å². The van der Waals surface area contributed by atoms with Crippen molar-refractivity contribution in [3.05, 3.63) is 18.1 Å². The molecule has 0 aliphatic heterocycles. The number of hydrogen-bond acceptors (Lipinski definition) is 5. The van der Waals surface area contributed by atoms with Crippen molar-refractivity contribution in [2.45, 2.75) is 39.3 Å². The van der Waals surface area contributed by atoms with Gasteiger partial charge in [-0.05, 0) is 12.8 Å². The zero-order valence-electron chi connectivity index (χ0n) is 11.6. The van der Waals surface area contributed by atoms with E-state index in [1.54, 1.807) is 19.5 Å². The number of methoxy groups -OCH3 is 1. The third kappa shape index (κ3) is 3.92. The van der Waals surface area contributed by atoms with Gasteiger partial charge < -0.3 is 15.4 Å². The molecule has 1 heterocycles. The molecule has 1 aromatic rings. The van der Waals surface area contributed by atoms with Crippen LogP contribution in [0, 0.1) is 0 Å². The third-order valence-corrected chi connectivity index (χ3v) is 3.11. The van der Waals surface area contributed by atoms with Crippen molar-refractivity contribution < 1.29 is 4.74 Å². The second-order valence-corrected chi connectivity index (χ2v) is 4.23. The molecule has 0 spiro atoms. The Hall–Kier alpha value is -1.20. The minimum atomic E-state index is 0.427. The first-order chi connectivity index (χ1) is 8.76. The minimum Gasteiger partial charge on any atom is -0.383 e. The van der Waals surface area contributed by atoms with Crippen molar-refractivity contribution in [1.29, 1.82) is 0 Å². The first-order valence-corrected chi connectivity index (χ1v) is 6.53. The average molecular weight is 252 g/mol. The molecule has 0 fully saturated rings. The largest absolute Gasteiger partial charge is 0.383 e. The summed E-state index contributed by atoms with van der Waals surface area (Å²) in [6, 6.07) is 0.471. The van der Waals surface area contributed by atoms with Crippen LogP contribution in [0.2, 0.25) is 0 Å². The van der Waals surface area contributed by atoms with E-state index in [9.17, 15) is 0 Å². The third-order valence-electron chi connectivity index (χ3n) is 3.11. The van der Waals surface area contributed by atoms with Crippen LogP contribution in [0.5, 0.6) is 0 Å². The predicted molar refractivity (Wildman–Crippen MR) is 73.5 cm³/mol. The minimum absolute atomic E-state index is 0.427. The lowest BCUT2D eigenvalue weighted by molar-refractivity contribution is 0.202. The Morgan fingerprint density at radius 1 is 1.28 bits per heavy atom. The molecule has 0 atom stereocenters. The van der Waals surface area contributed by atoms with Gasteiger partial charge in [0.1, 0.15) is 5.82 Å². The molecule has 0 amide bonds. The van der Waals surface area contributed by atoms with Gasteiger partial charge in [0.2, 0.25) is 0 Å². The summed E-state index contributed by atoms with van der Waals surface area (Å²) in [5.41, 5.74) is 6.35. The fraction of sp³-hybridized carbons (Fsp3) is 0.692. The molecule has 5 heteroatoms. The molecule has 102 valence electrons. The Morgan fingerprint density at radius 2 is 2.00 bits per heavy atom. The lowest BCUT2D eigenvalue weighted by Crippen LogP contribution is -2.37. The van der Waals surface area contributed by atoms with E-state index in [4.69, 9.17) is 10.5 Å². The van der Waals surface area contributed by atoms with Crippen LogP contribution in [-0.2, 0) is 11.3 Å².